The summed E-state index contributed by atoms with van der Waals surface area (Å²) in [6, 6.07) is 14.1. The maximum absolute atomic E-state index is 11.8. The van der Waals surface area contributed by atoms with Crippen LogP contribution in [0, 0.1) is 3.57 Å². The highest BCUT2D eigenvalue weighted by Gasteiger charge is 2.06. The van der Waals surface area contributed by atoms with Crippen molar-refractivity contribution in [2.24, 2.45) is 0 Å². The van der Waals surface area contributed by atoms with E-state index >= 15 is 0 Å². The van der Waals surface area contributed by atoms with Crippen molar-refractivity contribution in [1.82, 2.24) is 5.32 Å². The molecule has 2 aromatic rings. The van der Waals surface area contributed by atoms with Crippen molar-refractivity contribution in [3.8, 4) is 5.75 Å². The third-order valence-corrected chi connectivity index (χ3v) is 3.49. The van der Waals surface area contributed by atoms with Crippen molar-refractivity contribution in [2.45, 2.75) is 0 Å². The molecule has 0 radical (unpaired) electrons. The minimum atomic E-state index is -0.239. The first kappa shape index (κ1) is 16.3. The van der Waals surface area contributed by atoms with Crippen LogP contribution in [0.4, 0.5) is 5.69 Å². The van der Waals surface area contributed by atoms with Crippen molar-refractivity contribution in [3.63, 3.8) is 0 Å². The van der Waals surface area contributed by atoms with E-state index in [0.717, 1.165) is 9.26 Å². The smallest absolute Gasteiger partial charge is 0.262 e. The lowest BCUT2D eigenvalue weighted by molar-refractivity contribution is -0.118. The molecule has 0 heterocycles. The second-order valence-electron chi connectivity index (χ2n) is 4.45. The molecule has 0 saturated carbocycles. The maximum Gasteiger partial charge on any atom is 0.262 e. The molecule has 0 saturated heterocycles. The Kier molecular flexibility index (Phi) is 5.76. The zero-order valence-electron chi connectivity index (χ0n) is 11.9. The molecule has 114 valence electrons. The zero-order valence-corrected chi connectivity index (χ0v) is 14.1. The molecular weight excluding hydrogens is 395 g/mol. The number of nitrogens with one attached hydrogen (secondary N) is 2. The van der Waals surface area contributed by atoms with Crippen LogP contribution in [-0.2, 0) is 4.79 Å². The number of rotatable bonds is 5. The van der Waals surface area contributed by atoms with Gasteiger partial charge in [0.2, 0.25) is 0 Å². The minimum Gasteiger partial charge on any atom is -0.484 e. The van der Waals surface area contributed by atoms with Gasteiger partial charge in [-0.1, -0.05) is 6.07 Å². The van der Waals surface area contributed by atoms with Gasteiger partial charge in [0.25, 0.3) is 11.8 Å². The third-order valence-electron chi connectivity index (χ3n) is 2.82. The zero-order chi connectivity index (χ0) is 15.9. The summed E-state index contributed by atoms with van der Waals surface area (Å²) in [5.74, 6) is 0.130. The lowest BCUT2D eigenvalue weighted by Crippen LogP contribution is -2.20. The van der Waals surface area contributed by atoms with Crippen LogP contribution in [0.15, 0.2) is 48.5 Å². The first-order valence-electron chi connectivity index (χ1n) is 6.59. The molecule has 0 atom stereocenters. The molecule has 0 spiro atoms. The number of amides is 2. The minimum absolute atomic E-state index is 0.0925. The van der Waals surface area contributed by atoms with Gasteiger partial charge < -0.3 is 15.4 Å². The summed E-state index contributed by atoms with van der Waals surface area (Å²) >= 11 is 2.18. The molecule has 0 fully saturated rings. The predicted molar refractivity (Wildman–Crippen MR) is 93.1 cm³/mol. The monoisotopic (exact) mass is 410 g/mol. The Morgan fingerprint density at radius 3 is 2.50 bits per heavy atom. The fourth-order valence-electron chi connectivity index (χ4n) is 1.76. The van der Waals surface area contributed by atoms with Crippen molar-refractivity contribution in [1.29, 1.82) is 0 Å². The summed E-state index contributed by atoms with van der Waals surface area (Å²) in [6.07, 6.45) is 0. The molecule has 2 aromatic carbocycles. The van der Waals surface area contributed by atoms with E-state index in [2.05, 4.69) is 33.2 Å². The van der Waals surface area contributed by atoms with E-state index < -0.39 is 0 Å². The number of carbonyl (C=O) groups excluding carboxylic acids is 2. The van der Waals surface area contributed by atoms with E-state index in [9.17, 15) is 9.59 Å². The van der Waals surface area contributed by atoms with Crippen LogP contribution in [0.1, 0.15) is 10.4 Å². The molecular formula is C16H15IN2O3. The van der Waals surface area contributed by atoms with Crippen LogP contribution < -0.4 is 15.4 Å². The summed E-state index contributed by atoms with van der Waals surface area (Å²) in [4.78, 5) is 23.2. The molecule has 2 amide bonds. The van der Waals surface area contributed by atoms with Gasteiger partial charge in [-0.3, -0.25) is 9.59 Å². The molecule has 0 aromatic heterocycles. The molecule has 0 aliphatic carbocycles. The standard InChI is InChI=1S/C16H15IN2O3/c1-18-16(21)11-5-7-14(8-6-11)22-10-15(20)19-13-4-2-3-12(17)9-13/h2-9H,10H2,1H3,(H,18,21)(H,19,20). The molecule has 0 unspecified atom stereocenters. The average molecular weight is 410 g/mol. The Morgan fingerprint density at radius 2 is 1.86 bits per heavy atom. The summed E-state index contributed by atoms with van der Waals surface area (Å²) < 4.78 is 6.44. The van der Waals surface area contributed by atoms with Gasteiger partial charge in [-0.2, -0.15) is 0 Å². The van der Waals surface area contributed by atoms with Crippen LogP contribution in [-0.4, -0.2) is 25.5 Å². The largest absolute Gasteiger partial charge is 0.484 e. The van der Waals surface area contributed by atoms with Crippen LogP contribution in [0.5, 0.6) is 5.75 Å². The number of hydrogen-bond donors (Lipinski definition) is 2. The third kappa shape index (κ3) is 4.73. The van der Waals surface area contributed by atoms with Crippen molar-refractivity contribution in [2.75, 3.05) is 19.0 Å². The number of anilines is 1. The second-order valence-corrected chi connectivity index (χ2v) is 5.70. The van der Waals surface area contributed by atoms with E-state index in [0.29, 0.717) is 11.3 Å². The van der Waals surface area contributed by atoms with Gasteiger partial charge in [0.1, 0.15) is 5.75 Å². The lowest BCUT2D eigenvalue weighted by atomic mass is 10.2. The number of hydrogen-bond acceptors (Lipinski definition) is 3. The van der Waals surface area contributed by atoms with Gasteiger partial charge in [0, 0.05) is 21.9 Å². The molecule has 5 nitrogen and oxygen atoms in total. The molecule has 2 rings (SSSR count). The van der Waals surface area contributed by atoms with Gasteiger partial charge in [0.15, 0.2) is 6.61 Å². The Morgan fingerprint density at radius 1 is 1.14 bits per heavy atom. The van der Waals surface area contributed by atoms with Crippen LogP contribution in [0.3, 0.4) is 0 Å². The Hall–Kier alpha value is -2.09. The number of ether oxygens (including phenoxy) is 1. The maximum atomic E-state index is 11.8. The van der Waals surface area contributed by atoms with Crippen LogP contribution in [0.2, 0.25) is 0 Å². The summed E-state index contributed by atoms with van der Waals surface area (Å²) in [6.45, 7) is -0.0925. The van der Waals surface area contributed by atoms with E-state index in [1.165, 1.54) is 0 Å². The highest BCUT2D eigenvalue weighted by molar-refractivity contribution is 14.1. The van der Waals surface area contributed by atoms with Crippen LogP contribution in [0.25, 0.3) is 0 Å². The first-order chi connectivity index (χ1) is 10.6. The van der Waals surface area contributed by atoms with Crippen LogP contribution >= 0.6 is 22.6 Å². The topological polar surface area (TPSA) is 67.4 Å². The van der Waals surface area contributed by atoms with Crippen molar-refractivity contribution in [3.05, 3.63) is 57.7 Å². The lowest BCUT2D eigenvalue weighted by Gasteiger charge is -2.08. The predicted octanol–water partition coefficient (Wildman–Crippen LogP) is 2.67. The normalized spacial score (nSPS) is 9.91. The summed E-state index contributed by atoms with van der Waals surface area (Å²) in [7, 11) is 1.57. The van der Waals surface area contributed by atoms with E-state index in [-0.39, 0.29) is 18.4 Å². The molecule has 6 heteroatoms. The number of halogens is 1. The SMILES string of the molecule is CNC(=O)c1ccc(OCC(=O)Nc2cccc(I)c2)cc1. The Labute approximate surface area is 142 Å². The quantitative estimate of drug-likeness (QED) is 0.745. The highest BCUT2D eigenvalue weighted by Crippen LogP contribution is 2.14. The molecule has 22 heavy (non-hydrogen) atoms. The fraction of sp³-hybridized carbons (Fsp3) is 0.125. The highest BCUT2D eigenvalue weighted by atomic mass is 127. The molecule has 0 aliphatic heterocycles. The second kappa shape index (κ2) is 7.79. The number of benzene rings is 2. The van der Waals surface area contributed by atoms with Gasteiger partial charge in [-0.15, -0.1) is 0 Å². The van der Waals surface area contributed by atoms with Gasteiger partial charge in [-0.25, -0.2) is 0 Å². The van der Waals surface area contributed by atoms with E-state index in [1.54, 1.807) is 31.3 Å². The molecule has 2 N–H and O–H groups in total. The Bertz CT molecular complexity index is 671. The van der Waals surface area contributed by atoms with E-state index in [4.69, 9.17) is 4.74 Å². The average Bonchev–Trinajstić information content (AvgIpc) is 2.52. The number of carbonyl (C=O) groups is 2. The fourth-order valence-corrected chi connectivity index (χ4v) is 2.30. The Balaban J connectivity index is 1.87. The summed E-state index contributed by atoms with van der Waals surface area (Å²) in [5.41, 5.74) is 1.27. The summed E-state index contributed by atoms with van der Waals surface area (Å²) in [5, 5.41) is 5.30. The van der Waals surface area contributed by atoms with Gasteiger partial charge in [0.05, 0.1) is 0 Å². The van der Waals surface area contributed by atoms with Gasteiger partial charge in [-0.05, 0) is 65.1 Å². The van der Waals surface area contributed by atoms with Gasteiger partial charge >= 0.3 is 0 Å². The van der Waals surface area contributed by atoms with E-state index in [1.807, 2.05) is 24.3 Å². The van der Waals surface area contributed by atoms with Crippen molar-refractivity contribution < 1.29 is 14.3 Å². The van der Waals surface area contributed by atoms with Crippen molar-refractivity contribution >= 4 is 40.1 Å². The first-order valence-corrected chi connectivity index (χ1v) is 7.67. The molecule has 0 aliphatic rings. The molecule has 0 bridgehead atoms.